The molecule has 1 aromatic carbocycles. The number of rotatable bonds is 5. The van der Waals surface area contributed by atoms with Crippen LogP contribution < -0.4 is 0 Å². The summed E-state index contributed by atoms with van der Waals surface area (Å²) in [6, 6.07) is 10.3. The Bertz CT molecular complexity index is 696. The largest absolute Gasteiger partial charge is 0.457 e. The summed E-state index contributed by atoms with van der Waals surface area (Å²) in [7, 11) is 0. The zero-order valence-corrected chi connectivity index (χ0v) is 16.4. The van der Waals surface area contributed by atoms with E-state index in [-0.39, 0.29) is 11.8 Å². The predicted molar refractivity (Wildman–Crippen MR) is 103 cm³/mol. The molecule has 0 saturated carbocycles. The van der Waals surface area contributed by atoms with E-state index in [2.05, 4.69) is 30.9 Å². The van der Waals surface area contributed by atoms with E-state index in [1.54, 1.807) is 6.08 Å². The van der Waals surface area contributed by atoms with Crippen molar-refractivity contribution in [1.82, 2.24) is 4.90 Å². The normalized spacial score (nSPS) is 18.4. The maximum atomic E-state index is 12.5. The lowest BCUT2D eigenvalue weighted by molar-refractivity contribution is -0.148. The molecule has 140 valence electrons. The average molecular weight is 355 g/mol. The topological polar surface area (TPSA) is 46.6 Å². The van der Waals surface area contributed by atoms with Crippen molar-refractivity contribution >= 4 is 11.8 Å². The van der Waals surface area contributed by atoms with E-state index in [0.717, 1.165) is 6.54 Å². The van der Waals surface area contributed by atoms with Crippen molar-refractivity contribution in [2.45, 2.75) is 59.2 Å². The molecule has 0 saturated heterocycles. The summed E-state index contributed by atoms with van der Waals surface area (Å²) in [5.74, 6) is -0.0186. The van der Waals surface area contributed by atoms with Crippen LogP contribution in [0.15, 0.2) is 54.3 Å². The highest BCUT2D eigenvalue weighted by atomic mass is 16.6. The van der Waals surface area contributed by atoms with E-state index in [0.29, 0.717) is 17.9 Å². The minimum absolute atomic E-state index is 0.0628. The first kappa shape index (κ1) is 20.0. The zero-order chi connectivity index (χ0) is 19.3. The van der Waals surface area contributed by atoms with Crippen LogP contribution in [-0.4, -0.2) is 28.3 Å². The van der Waals surface area contributed by atoms with Gasteiger partial charge in [0.1, 0.15) is 5.60 Å². The number of ketones is 1. The standard InChI is InChI=1S/C22H29NO3/c1-16(2)19-13-20(24)18(11-12-21(25)26-22(3,4)5)15-23(19)14-17-9-7-6-8-10-17/h6-12,15-16,19H,13-14H2,1-5H3/b12-11+. The fraction of sp³-hybridized carbons (Fsp3) is 0.455. The van der Waals surface area contributed by atoms with Crippen molar-refractivity contribution < 1.29 is 14.3 Å². The average Bonchev–Trinajstić information content (AvgIpc) is 2.54. The molecule has 0 fully saturated rings. The van der Waals surface area contributed by atoms with Gasteiger partial charge in [0.2, 0.25) is 0 Å². The molecule has 0 aromatic heterocycles. The van der Waals surface area contributed by atoms with Crippen LogP contribution in [0, 0.1) is 5.92 Å². The maximum absolute atomic E-state index is 12.5. The smallest absolute Gasteiger partial charge is 0.331 e. The molecule has 1 atom stereocenters. The first-order chi connectivity index (χ1) is 12.2. The molecule has 4 heteroatoms. The fourth-order valence-corrected chi connectivity index (χ4v) is 2.98. The van der Waals surface area contributed by atoms with Gasteiger partial charge in [0.25, 0.3) is 0 Å². The zero-order valence-electron chi connectivity index (χ0n) is 16.4. The second kappa shape index (κ2) is 8.35. The van der Waals surface area contributed by atoms with Crippen molar-refractivity contribution in [3.05, 3.63) is 59.8 Å². The second-order valence-corrected chi connectivity index (χ2v) is 8.05. The van der Waals surface area contributed by atoms with E-state index in [4.69, 9.17) is 4.74 Å². The molecule has 1 aliphatic rings. The Kier molecular flexibility index (Phi) is 6.41. The highest BCUT2D eigenvalue weighted by Gasteiger charge is 2.29. The van der Waals surface area contributed by atoms with Crippen molar-refractivity contribution in [3.63, 3.8) is 0 Å². The number of allylic oxidation sites excluding steroid dienone is 2. The summed E-state index contributed by atoms with van der Waals surface area (Å²) >= 11 is 0. The number of hydrogen-bond acceptors (Lipinski definition) is 4. The van der Waals surface area contributed by atoms with E-state index < -0.39 is 11.6 Å². The molecule has 1 unspecified atom stereocenters. The highest BCUT2D eigenvalue weighted by molar-refractivity contribution is 6.00. The second-order valence-electron chi connectivity index (χ2n) is 8.05. The van der Waals surface area contributed by atoms with Crippen molar-refractivity contribution in [1.29, 1.82) is 0 Å². The molecule has 2 rings (SSSR count). The molecule has 0 N–H and O–H groups in total. The Morgan fingerprint density at radius 2 is 1.92 bits per heavy atom. The van der Waals surface area contributed by atoms with Gasteiger partial charge in [0, 0.05) is 36.9 Å². The Labute approximate surface area is 156 Å². The minimum Gasteiger partial charge on any atom is -0.457 e. The molecule has 0 aliphatic carbocycles. The molecule has 1 heterocycles. The molecule has 26 heavy (non-hydrogen) atoms. The van der Waals surface area contributed by atoms with Gasteiger partial charge >= 0.3 is 5.97 Å². The highest BCUT2D eigenvalue weighted by Crippen LogP contribution is 2.26. The third-order valence-electron chi connectivity index (χ3n) is 4.23. The van der Waals surface area contributed by atoms with Crippen LogP contribution in [0.2, 0.25) is 0 Å². The van der Waals surface area contributed by atoms with Gasteiger partial charge in [-0.3, -0.25) is 4.79 Å². The first-order valence-corrected chi connectivity index (χ1v) is 9.11. The maximum Gasteiger partial charge on any atom is 0.331 e. The number of hydrogen-bond donors (Lipinski definition) is 0. The first-order valence-electron chi connectivity index (χ1n) is 9.11. The molecule has 0 amide bonds. The van der Waals surface area contributed by atoms with Gasteiger partial charge in [-0.15, -0.1) is 0 Å². The van der Waals surface area contributed by atoms with Crippen LogP contribution in [0.1, 0.15) is 46.6 Å². The molecule has 0 spiro atoms. The Morgan fingerprint density at radius 1 is 1.27 bits per heavy atom. The van der Waals surface area contributed by atoms with Gasteiger partial charge in [0.05, 0.1) is 0 Å². The lowest BCUT2D eigenvalue weighted by Gasteiger charge is -2.37. The monoisotopic (exact) mass is 355 g/mol. The Morgan fingerprint density at radius 3 is 2.50 bits per heavy atom. The molecule has 0 bridgehead atoms. The molecular weight excluding hydrogens is 326 g/mol. The predicted octanol–water partition coefficient (Wildman–Crippen LogP) is 4.27. The number of carbonyl (C=O) groups is 2. The van der Waals surface area contributed by atoms with Crippen LogP contribution >= 0.6 is 0 Å². The lowest BCUT2D eigenvalue weighted by atomic mass is 9.90. The Balaban J connectivity index is 2.20. The van der Waals surface area contributed by atoms with Crippen LogP contribution in [0.4, 0.5) is 0 Å². The number of benzene rings is 1. The number of Topliss-reactive ketones (excluding diaryl/α,β-unsaturated/α-hetero) is 1. The third kappa shape index (κ3) is 5.87. The van der Waals surface area contributed by atoms with Crippen molar-refractivity contribution in [2.75, 3.05) is 0 Å². The number of nitrogens with zero attached hydrogens (tertiary/aromatic N) is 1. The van der Waals surface area contributed by atoms with Crippen LogP contribution in [0.5, 0.6) is 0 Å². The van der Waals surface area contributed by atoms with Gasteiger partial charge in [0.15, 0.2) is 5.78 Å². The van der Waals surface area contributed by atoms with Crippen LogP contribution in [-0.2, 0) is 20.9 Å². The summed E-state index contributed by atoms with van der Waals surface area (Å²) < 4.78 is 5.27. The summed E-state index contributed by atoms with van der Waals surface area (Å²) in [4.78, 5) is 26.6. The fourth-order valence-electron chi connectivity index (χ4n) is 2.98. The van der Waals surface area contributed by atoms with Gasteiger partial charge < -0.3 is 9.64 Å². The van der Waals surface area contributed by atoms with E-state index in [1.165, 1.54) is 11.6 Å². The number of carbonyl (C=O) groups excluding carboxylic acids is 2. The third-order valence-corrected chi connectivity index (χ3v) is 4.23. The van der Waals surface area contributed by atoms with Gasteiger partial charge in [-0.25, -0.2) is 4.79 Å². The van der Waals surface area contributed by atoms with Gasteiger partial charge in [-0.1, -0.05) is 44.2 Å². The summed E-state index contributed by atoms with van der Waals surface area (Å²) in [5.41, 5.74) is 1.19. The quantitative estimate of drug-likeness (QED) is 0.585. The lowest BCUT2D eigenvalue weighted by Crippen LogP contribution is -2.40. The summed E-state index contributed by atoms with van der Waals surface area (Å²) in [5, 5.41) is 0. The SMILES string of the molecule is CC(C)C1CC(=O)C(/C=C/C(=O)OC(C)(C)C)=CN1Cc1ccccc1. The van der Waals surface area contributed by atoms with E-state index in [9.17, 15) is 9.59 Å². The van der Waals surface area contributed by atoms with Crippen molar-refractivity contribution in [3.8, 4) is 0 Å². The summed E-state index contributed by atoms with van der Waals surface area (Å²) in [6.07, 6.45) is 5.25. The molecule has 0 radical (unpaired) electrons. The van der Waals surface area contributed by atoms with Crippen molar-refractivity contribution in [2.24, 2.45) is 5.92 Å². The summed E-state index contributed by atoms with van der Waals surface area (Å²) in [6.45, 7) is 10.5. The number of esters is 1. The molecule has 4 nitrogen and oxygen atoms in total. The molecule has 1 aliphatic heterocycles. The number of ether oxygens (including phenoxy) is 1. The molecular formula is C22H29NO3. The minimum atomic E-state index is -0.547. The Hall–Kier alpha value is -2.36. The van der Waals surface area contributed by atoms with Crippen LogP contribution in [0.3, 0.4) is 0 Å². The van der Waals surface area contributed by atoms with Gasteiger partial charge in [-0.05, 0) is 38.3 Å². The molecule has 1 aromatic rings. The van der Waals surface area contributed by atoms with E-state index in [1.807, 2.05) is 45.2 Å². The van der Waals surface area contributed by atoms with Crippen LogP contribution in [0.25, 0.3) is 0 Å². The van der Waals surface area contributed by atoms with E-state index >= 15 is 0 Å². The van der Waals surface area contributed by atoms with Gasteiger partial charge in [-0.2, -0.15) is 0 Å².